The van der Waals surface area contributed by atoms with Crippen LogP contribution in [0, 0.1) is 0 Å². The van der Waals surface area contributed by atoms with Crippen molar-refractivity contribution in [3.05, 3.63) is 23.5 Å². The number of fused-ring (bicyclic) bond motifs is 1. The number of aryl methyl sites for hydroxylation is 1. The molecule has 2 aliphatic rings. The average Bonchev–Trinajstić information content (AvgIpc) is 3.19. The van der Waals surface area contributed by atoms with Crippen molar-refractivity contribution in [2.75, 3.05) is 13.6 Å². The highest BCUT2D eigenvalue weighted by atomic mass is 16.2. The van der Waals surface area contributed by atoms with Gasteiger partial charge in [0.2, 0.25) is 5.91 Å². The Labute approximate surface area is 121 Å². The van der Waals surface area contributed by atoms with Gasteiger partial charge in [0, 0.05) is 31.5 Å². The van der Waals surface area contributed by atoms with Crippen molar-refractivity contribution in [3.8, 4) is 0 Å². The van der Waals surface area contributed by atoms with Crippen molar-refractivity contribution in [3.63, 3.8) is 0 Å². The van der Waals surface area contributed by atoms with Crippen LogP contribution >= 0.6 is 0 Å². The molecule has 1 N–H and O–H groups in total. The summed E-state index contributed by atoms with van der Waals surface area (Å²) in [6.45, 7) is 3.64. The number of nitrogens with one attached hydrogen (secondary N) is 1. The van der Waals surface area contributed by atoms with Gasteiger partial charge in [0.15, 0.2) is 0 Å². The summed E-state index contributed by atoms with van der Waals surface area (Å²) in [5.74, 6) is 0.236. The van der Waals surface area contributed by atoms with Gasteiger partial charge in [0.05, 0.1) is 0 Å². The maximum absolute atomic E-state index is 12.2. The molecular weight excluding hydrogens is 250 g/mol. The molecule has 110 valence electrons. The zero-order chi connectivity index (χ0) is 14.1. The molecule has 0 spiro atoms. The summed E-state index contributed by atoms with van der Waals surface area (Å²) in [5, 5.41) is 3.55. The molecule has 4 heteroatoms. The van der Waals surface area contributed by atoms with Gasteiger partial charge in [-0.05, 0) is 49.8 Å². The zero-order valence-electron chi connectivity index (χ0n) is 12.6. The van der Waals surface area contributed by atoms with E-state index in [2.05, 4.69) is 29.2 Å². The van der Waals surface area contributed by atoms with Gasteiger partial charge in [-0.2, -0.15) is 0 Å². The predicted octanol–water partition coefficient (Wildman–Crippen LogP) is 2.10. The highest BCUT2D eigenvalue weighted by Gasteiger charge is 2.29. The second-order valence-corrected chi connectivity index (χ2v) is 6.15. The Bertz CT molecular complexity index is 490. The highest BCUT2D eigenvalue weighted by Crippen LogP contribution is 2.30. The summed E-state index contributed by atoms with van der Waals surface area (Å²) in [6.07, 6.45) is 10.3. The summed E-state index contributed by atoms with van der Waals surface area (Å²) in [5.41, 5.74) is 2.82. The van der Waals surface area contributed by atoms with E-state index in [0.29, 0.717) is 18.6 Å². The van der Waals surface area contributed by atoms with Crippen LogP contribution in [0.3, 0.4) is 0 Å². The summed E-state index contributed by atoms with van der Waals surface area (Å²) in [4.78, 5) is 14.1. The number of carbonyl (C=O) groups excluding carboxylic acids is 1. The van der Waals surface area contributed by atoms with E-state index in [0.717, 1.165) is 13.0 Å². The molecule has 1 saturated carbocycles. The highest BCUT2D eigenvalue weighted by molar-refractivity contribution is 5.76. The number of amides is 1. The second kappa shape index (κ2) is 5.60. The molecular formula is C16H25N3O. The SMILES string of the molecule is CCNC1CCCc2cn(CC(=O)N(C)C3CC3)cc21. The predicted molar refractivity (Wildman–Crippen MR) is 79.6 cm³/mol. The number of hydrogen-bond acceptors (Lipinski definition) is 2. The Balaban J connectivity index is 1.70. The van der Waals surface area contributed by atoms with Gasteiger partial charge in [0.1, 0.15) is 6.54 Å². The smallest absolute Gasteiger partial charge is 0.242 e. The molecule has 2 aliphatic carbocycles. The molecule has 1 atom stereocenters. The minimum absolute atomic E-state index is 0.236. The first-order valence-corrected chi connectivity index (χ1v) is 7.86. The average molecular weight is 275 g/mol. The third-order valence-corrected chi connectivity index (χ3v) is 4.57. The third-order valence-electron chi connectivity index (χ3n) is 4.57. The Hall–Kier alpha value is -1.29. The van der Waals surface area contributed by atoms with E-state index < -0.39 is 0 Å². The molecule has 20 heavy (non-hydrogen) atoms. The fourth-order valence-electron chi connectivity index (χ4n) is 3.23. The second-order valence-electron chi connectivity index (χ2n) is 6.15. The molecule has 1 aromatic rings. The van der Waals surface area contributed by atoms with E-state index in [1.54, 1.807) is 0 Å². The first kappa shape index (κ1) is 13.7. The molecule has 0 saturated heterocycles. The lowest BCUT2D eigenvalue weighted by Crippen LogP contribution is -2.31. The molecule has 0 aromatic carbocycles. The number of likely N-dealkylation sites (N-methyl/N-ethyl adjacent to an activating group) is 1. The van der Waals surface area contributed by atoms with Gasteiger partial charge in [0.25, 0.3) is 0 Å². The first-order valence-electron chi connectivity index (χ1n) is 7.86. The summed E-state index contributed by atoms with van der Waals surface area (Å²) >= 11 is 0. The lowest BCUT2D eigenvalue weighted by Gasteiger charge is -2.22. The van der Waals surface area contributed by atoms with Crippen molar-refractivity contribution in [2.24, 2.45) is 0 Å². The number of hydrogen-bond donors (Lipinski definition) is 1. The largest absolute Gasteiger partial charge is 0.344 e. The quantitative estimate of drug-likeness (QED) is 0.893. The molecule has 3 rings (SSSR count). The zero-order valence-corrected chi connectivity index (χ0v) is 12.6. The van der Waals surface area contributed by atoms with Crippen LogP contribution in [0.5, 0.6) is 0 Å². The van der Waals surface area contributed by atoms with Crippen LogP contribution in [0.25, 0.3) is 0 Å². The Morgan fingerprint density at radius 1 is 1.40 bits per heavy atom. The molecule has 0 bridgehead atoms. The van der Waals surface area contributed by atoms with Gasteiger partial charge in [-0.1, -0.05) is 6.92 Å². The number of carbonyl (C=O) groups is 1. The standard InChI is InChI=1S/C16H25N3O/c1-3-17-15-6-4-5-12-9-19(10-14(12)15)11-16(20)18(2)13-7-8-13/h9-10,13,15,17H,3-8,11H2,1-2H3. The minimum Gasteiger partial charge on any atom is -0.344 e. The van der Waals surface area contributed by atoms with Gasteiger partial charge >= 0.3 is 0 Å². The topological polar surface area (TPSA) is 37.3 Å². The summed E-state index contributed by atoms with van der Waals surface area (Å²) < 4.78 is 2.08. The molecule has 1 heterocycles. The number of nitrogens with zero attached hydrogens (tertiary/aromatic N) is 2. The Morgan fingerprint density at radius 2 is 2.20 bits per heavy atom. The van der Waals surface area contributed by atoms with Crippen molar-refractivity contribution < 1.29 is 4.79 Å². The fourth-order valence-corrected chi connectivity index (χ4v) is 3.23. The molecule has 1 unspecified atom stereocenters. The monoisotopic (exact) mass is 275 g/mol. The van der Waals surface area contributed by atoms with Crippen LogP contribution in [0.2, 0.25) is 0 Å². The van der Waals surface area contributed by atoms with Crippen LogP contribution in [0.4, 0.5) is 0 Å². The van der Waals surface area contributed by atoms with Crippen molar-refractivity contribution in [1.82, 2.24) is 14.8 Å². The normalized spacial score (nSPS) is 21.6. The summed E-state index contributed by atoms with van der Waals surface area (Å²) in [7, 11) is 1.94. The van der Waals surface area contributed by atoms with E-state index in [1.165, 1.54) is 36.8 Å². The van der Waals surface area contributed by atoms with Crippen LogP contribution in [0.1, 0.15) is 49.8 Å². The number of aromatic nitrogens is 1. The van der Waals surface area contributed by atoms with E-state index >= 15 is 0 Å². The maximum atomic E-state index is 12.2. The molecule has 0 aliphatic heterocycles. The van der Waals surface area contributed by atoms with Crippen LogP contribution in [-0.2, 0) is 17.8 Å². The number of rotatable bonds is 5. The maximum Gasteiger partial charge on any atom is 0.242 e. The van der Waals surface area contributed by atoms with Crippen molar-refractivity contribution >= 4 is 5.91 Å². The van der Waals surface area contributed by atoms with Gasteiger partial charge in [-0.15, -0.1) is 0 Å². The van der Waals surface area contributed by atoms with Crippen molar-refractivity contribution in [1.29, 1.82) is 0 Å². The molecule has 4 nitrogen and oxygen atoms in total. The molecule has 1 amide bonds. The van der Waals surface area contributed by atoms with E-state index in [4.69, 9.17) is 0 Å². The van der Waals surface area contributed by atoms with Crippen LogP contribution in [0.15, 0.2) is 12.4 Å². The molecule has 1 aromatic heterocycles. The third kappa shape index (κ3) is 2.75. The Kier molecular flexibility index (Phi) is 3.83. The van der Waals surface area contributed by atoms with Crippen LogP contribution in [-0.4, -0.2) is 35.0 Å². The summed E-state index contributed by atoms with van der Waals surface area (Å²) in [6, 6.07) is 0.975. The van der Waals surface area contributed by atoms with E-state index in [9.17, 15) is 4.79 Å². The van der Waals surface area contributed by atoms with Crippen molar-refractivity contribution in [2.45, 2.75) is 57.7 Å². The molecule has 1 fully saturated rings. The lowest BCUT2D eigenvalue weighted by molar-refractivity contribution is -0.131. The fraction of sp³-hybridized carbons (Fsp3) is 0.688. The van der Waals surface area contributed by atoms with E-state index in [1.807, 2.05) is 11.9 Å². The molecule has 0 radical (unpaired) electrons. The first-order chi connectivity index (χ1) is 9.69. The van der Waals surface area contributed by atoms with E-state index in [-0.39, 0.29) is 5.91 Å². The minimum atomic E-state index is 0.236. The van der Waals surface area contributed by atoms with Gasteiger partial charge in [-0.25, -0.2) is 0 Å². The van der Waals surface area contributed by atoms with Gasteiger partial charge < -0.3 is 14.8 Å². The van der Waals surface area contributed by atoms with Crippen LogP contribution < -0.4 is 5.32 Å². The lowest BCUT2D eigenvalue weighted by atomic mass is 9.91. The Morgan fingerprint density at radius 3 is 2.90 bits per heavy atom. The van der Waals surface area contributed by atoms with Gasteiger partial charge in [-0.3, -0.25) is 4.79 Å².